The average Bonchev–Trinajstić information content (AvgIpc) is 2.61. The van der Waals surface area contributed by atoms with Gasteiger partial charge < -0.3 is 10.1 Å². The molecule has 0 aliphatic carbocycles. The van der Waals surface area contributed by atoms with Crippen molar-refractivity contribution in [2.45, 2.75) is 24.8 Å². The number of pyridine rings is 1. The molecule has 1 heterocycles. The van der Waals surface area contributed by atoms with E-state index < -0.39 is 28.5 Å². The number of rotatable bonds is 7. The third-order valence-corrected chi connectivity index (χ3v) is 5.13. The number of ether oxygens (including phenoxy) is 1. The van der Waals surface area contributed by atoms with E-state index in [0.29, 0.717) is 5.69 Å². The van der Waals surface area contributed by atoms with Crippen LogP contribution in [-0.2, 0) is 19.6 Å². The van der Waals surface area contributed by atoms with E-state index in [2.05, 4.69) is 15.0 Å². The summed E-state index contributed by atoms with van der Waals surface area (Å²) in [6.45, 7) is 2.87. The molecule has 0 bridgehead atoms. The SMILES string of the molecule is CC(C)NS(=O)(=O)c1ccc(C(=O)OCC(=O)Nc2cccnc2Cl)cc1. The fourth-order valence-electron chi connectivity index (χ4n) is 2.03. The van der Waals surface area contributed by atoms with Crippen molar-refractivity contribution in [2.24, 2.45) is 0 Å². The molecule has 2 rings (SSSR count). The molecule has 1 amide bonds. The first-order valence-corrected chi connectivity index (χ1v) is 9.75. The number of nitrogens with zero attached hydrogens (tertiary/aromatic N) is 1. The van der Waals surface area contributed by atoms with E-state index in [-0.39, 0.29) is 21.7 Å². The highest BCUT2D eigenvalue weighted by Gasteiger charge is 2.17. The minimum atomic E-state index is -3.65. The van der Waals surface area contributed by atoms with E-state index in [9.17, 15) is 18.0 Å². The smallest absolute Gasteiger partial charge is 0.338 e. The average molecular weight is 412 g/mol. The second-order valence-corrected chi connectivity index (χ2v) is 7.84. The fraction of sp³-hybridized carbons (Fsp3) is 0.235. The van der Waals surface area contributed by atoms with Gasteiger partial charge in [0, 0.05) is 12.2 Å². The normalized spacial score (nSPS) is 11.3. The lowest BCUT2D eigenvalue weighted by molar-refractivity contribution is -0.119. The summed E-state index contributed by atoms with van der Waals surface area (Å²) in [6.07, 6.45) is 1.47. The third-order valence-electron chi connectivity index (χ3n) is 3.16. The number of halogens is 1. The predicted molar refractivity (Wildman–Crippen MR) is 100 cm³/mol. The Hall–Kier alpha value is -2.49. The lowest BCUT2D eigenvalue weighted by Crippen LogP contribution is -2.30. The largest absolute Gasteiger partial charge is 0.452 e. The highest BCUT2D eigenvalue weighted by molar-refractivity contribution is 7.89. The molecular formula is C17H18ClN3O5S. The molecule has 8 nitrogen and oxygen atoms in total. The van der Waals surface area contributed by atoms with Crippen molar-refractivity contribution in [1.82, 2.24) is 9.71 Å². The molecule has 2 aromatic rings. The van der Waals surface area contributed by atoms with E-state index in [1.165, 1.54) is 30.5 Å². The highest BCUT2D eigenvalue weighted by Crippen LogP contribution is 2.17. The van der Waals surface area contributed by atoms with Gasteiger partial charge in [-0.1, -0.05) is 11.6 Å². The number of hydrogen-bond donors (Lipinski definition) is 2. The number of esters is 1. The van der Waals surface area contributed by atoms with Crippen molar-refractivity contribution < 1.29 is 22.7 Å². The second kappa shape index (κ2) is 8.94. The Bertz CT molecular complexity index is 930. The number of hydrogen-bond acceptors (Lipinski definition) is 6. The van der Waals surface area contributed by atoms with Crippen LogP contribution in [0.4, 0.5) is 5.69 Å². The zero-order valence-electron chi connectivity index (χ0n) is 14.6. The van der Waals surface area contributed by atoms with Gasteiger partial charge in [-0.15, -0.1) is 0 Å². The summed E-state index contributed by atoms with van der Waals surface area (Å²) in [7, 11) is -3.65. The van der Waals surface area contributed by atoms with Crippen molar-refractivity contribution in [3.8, 4) is 0 Å². The van der Waals surface area contributed by atoms with Crippen LogP contribution in [0.3, 0.4) is 0 Å². The first kappa shape index (κ1) is 20.8. The van der Waals surface area contributed by atoms with Crippen LogP contribution in [0.25, 0.3) is 0 Å². The van der Waals surface area contributed by atoms with E-state index in [4.69, 9.17) is 16.3 Å². The molecule has 0 fully saturated rings. The molecule has 0 aliphatic heterocycles. The van der Waals surface area contributed by atoms with Gasteiger partial charge >= 0.3 is 5.97 Å². The Labute approximate surface area is 161 Å². The van der Waals surface area contributed by atoms with Gasteiger partial charge in [0.25, 0.3) is 5.91 Å². The molecule has 1 aromatic carbocycles. The Morgan fingerprint density at radius 2 is 1.85 bits per heavy atom. The Morgan fingerprint density at radius 3 is 2.44 bits per heavy atom. The molecule has 0 atom stereocenters. The van der Waals surface area contributed by atoms with Gasteiger partial charge in [-0.05, 0) is 50.2 Å². The number of amides is 1. The first-order valence-electron chi connectivity index (χ1n) is 7.89. The van der Waals surface area contributed by atoms with Crippen LogP contribution in [0.2, 0.25) is 5.15 Å². The van der Waals surface area contributed by atoms with Gasteiger partial charge in [-0.2, -0.15) is 0 Å². The van der Waals surface area contributed by atoms with E-state index in [1.54, 1.807) is 26.0 Å². The Balaban J connectivity index is 1.94. The van der Waals surface area contributed by atoms with Crippen molar-refractivity contribution >= 4 is 39.2 Å². The van der Waals surface area contributed by atoms with Crippen LogP contribution in [-0.4, -0.2) is 37.9 Å². The lowest BCUT2D eigenvalue weighted by atomic mass is 10.2. The number of aromatic nitrogens is 1. The summed E-state index contributed by atoms with van der Waals surface area (Å²) in [4.78, 5) is 27.7. The molecule has 0 spiro atoms. The zero-order valence-corrected chi connectivity index (χ0v) is 16.2. The van der Waals surface area contributed by atoms with Crippen molar-refractivity contribution in [3.63, 3.8) is 0 Å². The standard InChI is InChI=1S/C17H18ClN3O5S/c1-11(2)21-27(24,25)13-7-5-12(6-8-13)17(23)26-10-15(22)20-14-4-3-9-19-16(14)18/h3-9,11,21H,10H2,1-2H3,(H,20,22). The second-order valence-electron chi connectivity index (χ2n) is 5.77. The lowest BCUT2D eigenvalue weighted by Gasteiger charge is -2.10. The number of sulfonamides is 1. The van der Waals surface area contributed by atoms with Crippen LogP contribution in [0.15, 0.2) is 47.5 Å². The summed E-state index contributed by atoms with van der Waals surface area (Å²) in [6, 6.07) is 8.09. The number of anilines is 1. The van der Waals surface area contributed by atoms with Gasteiger partial charge in [0.15, 0.2) is 11.8 Å². The van der Waals surface area contributed by atoms with Gasteiger partial charge in [0.05, 0.1) is 16.1 Å². The molecule has 2 N–H and O–H groups in total. The first-order chi connectivity index (χ1) is 12.7. The summed E-state index contributed by atoms with van der Waals surface area (Å²) in [5, 5.41) is 2.58. The third kappa shape index (κ3) is 6.02. The summed E-state index contributed by atoms with van der Waals surface area (Å²) in [5.74, 6) is -1.35. The predicted octanol–water partition coefficient (Wildman–Crippen LogP) is 2.22. The number of benzene rings is 1. The van der Waals surface area contributed by atoms with Crippen LogP contribution in [0, 0.1) is 0 Å². The maximum Gasteiger partial charge on any atom is 0.338 e. The maximum absolute atomic E-state index is 12.0. The number of nitrogens with one attached hydrogen (secondary N) is 2. The minimum absolute atomic E-state index is 0.0247. The van der Waals surface area contributed by atoms with Gasteiger partial charge in [-0.25, -0.2) is 22.9 Å². The van der Waals surface area contributed by atoms with Crippen LogP contribution >= 0.6 is 11.6 Å². The van der Waals surface area contributed by atoms with Crippen LogP contribution in [0.5, 0.6) is 0 Å². The summed E-state index contributed by atoms with van der Waals surface area (Å²) >= 11 is 5.82. The minimum Gasteiger partial charge on any atom is -0.452 e. The number of carbonyl (C=O) groups is 2. The Kier molecular flexibility index (Phi) is 6.89. The zero-order chi connectivity index (χ0) is 20.0. The Morgan fingerprint density at radius 1 is 1.19 bits per heavy atom. The van der Waals surface area contributed by atoms with Gasteiger partial charge in [0.1, 0.15) is 0 Å². The molecule has 0 saturated carbocycles. The molecule has 0 saturated heterocycles. The van der Waals surface area contributed by atoms with Crippen LogP contribution < -0.4 is 10.0 Å². The summed E-state index contributed by atoms with van der Waals surface area (Å²) < 4.78 is 31.4. The van der Waals surface area contributed by atoms with Gasteiger partial charge in [-0.3, -0.25) is 4.79 Å². The van der Waals surface area contributed by atoms with Crippen molar-refractivity contribution in [3.05, 3.63) is 53.3 Å². The molecule has 0 unspecified atom stereocenters. The molecule has 27 heavy (non-hydrogen) atoms. The van der Waals surface area contributed by atoms with Gasteiger partial charge in [0.2, 0.25) is 10.0 Å². The molecule has 0 radical (unpaired) electrons. The molecule has 144 valence electrons. The molecule has 10 heteroatoms. The van der Waals surface area contributed by atoms with E-state index in [0.717, 1.165) is 0 Å². The monoisotopic (exact) mass is 411 g/mol. The maximum atomic E-state index is 12.0. The quantitative estimate of drug-likeness (QED) is 0.533. The molecule has 1 aromatic heterocycles. The molecule has 0 aliphatic rings. The number of carbonyl (C=O) groups excluding carboxylic acids is 2. The molecular weight excluding hydrogens is 394 g/mol. The van der Waals surface area contributed by atoms with E-state index >= 15 is 0 Å². The van der Waals surface area contributed by atoms with Crippen molar-refractivity contribution in [1.29, 1.82) is 0 Å². The fourth-order valence-corrected chi connectivity index (χ4v) is 3.45. The van der Waals surface area contributed by atoms with E-state index in [1.807, 2.05) is 0 Å². The van der Waals surface area contributed by atoms with Crippen LogP contribution in [0.1, 0.15) is 24.2 Å². The topological polar surface area (TPSA) is 114 Å². The highest BCUT2D eigenvalue weighted by atomic mass is 35.5. The summed E-state index contributed by atoms with van der Waals surface area (Å²) in [5.41, 5.74) is 0.415. The van der Waals surface area contributed by atoms with Crippen molar-refractivity contribution in [2.75, 3.05) is 11.9 Å².